The van der Waals surface area contributed by atoms with Gasteiger partial charge in [-0.15, -0.1) is 0 Å². The fourth-order valence-corrected chi connectivity index (χ4v) is 3.73. The average molecular weight is 332 g/mol. The summed E-state index contributed by atoms with van der Waals surface area (Å²) in [6, 6.07) is 12.9. The summed E-state index contributed by atoms with van der Waals surface area (Å²) in [5.41, 5.74) is 0. The van der Waals surface area contributed by atoms with Gasteiger partial charge in [0.2, 0.25) is 9.84 Å². The minimum Gasteiger partial charge on any atom is -0.218 e. The van der Waals surface area contributed by atoms with E-state index in [9.17, 15) is 8.42 Å². The zero-order chi connectivity index (χ0) is 12.5. The van der Waals surface area contributed by atoms with Gasteiger partial charge in [0.1, 0.15) is 0 Å². The van der Waals surface area contributed by atoms with Crippen molar-refractivity contribution in [3.05, 3.63) is 58.0 Å². The molecule has 5 heteroatoms. The topological polar surface area (TPSA) is 34.1 Å². The summed E-state index contributed by atoms with van der Waals surface area (Å²) in [6.07, 6.45) is 0. The van der Waals surface area contributed by atoms with Crippen molar-refractivity contribution in [1.82, 2.24) is 0 Å². The number of benzene rings is 2. The van der Waals surface area contributed by atoms with Gasteiger partial charge in [0.25, 0.3) is 0 Å². The lowest BCUT2D eigenvalue weighted by molar-refractivity contribution is 0.596. The lowest BCUT2D eigenvalue weighted by Crippen LogP contribution is -2.02. The fraction of sp³-hybridized carbons (Fsp3) is 0. The maximum atomic E-state index is 12.3. The quantitative estimate of drug-likeness (QED) is 0.835. The Morgan fingerprint density at radius 2 is 1.65 bits per heavy atom. The Kier molecular flexibility index (Phi) is 3.56. The molecule has 0 saturated heterocycles. The largest absolute Gasteiger partial charge is 0.218 e. The molecule has 0 radical (unpaired) electrons. The predicted molar refractivity (Wildman–Crippen MR) is 71.0 cm³/mol. The lowest BCUT2D eigenvalue weighted by atomic mass is 10.4. The van der Waals surface area contributed by atoms with Crippen LogP contribution >= 0.6 is 27.5 Å². The van der Waals surface area contributed by atoms with Crippen LogP contribution in [0.5, 0.6) is 0 Å². The molecule has 0 aliphatic heterocycles. The highest BCUT2D eigenvalue weighted by atomic mass is 79.9. The van der Waals surface area contributed by atoms with E-state index in [1.165, 1.54) is 6.07 Å². The summed E-state index contributed by atoms with van der Waals surface area (Å²) < 4.78 is 25.3. The summed E-state index contributed by atoms with van der Waals surface area (Å²) in [7, 11) is -3.54. The highest BCUT2D eigenvalue weighted by molar-refractivity contribution is 9.10. The van der Waals surface area contributed by atoms with E-state index in [2.05, 4.69) is 15.9 Å². The third-order valence-electron chi connectivity index (χ3n) is 2.24. The molecule has 0 aliphatic rings. The molecule has 0 heterocycles. The van der Waals surface area contributed by atoms with Crippen LogP contribution in [0.4, 0.5) is 0 Å². The first kappa shape index (κ1) is 12.6. The molecule has 0 bridgehead atoms. The van der Waals surface area contributed by atoms with Gasteiger partial charge in [-0.3, -0.25) is 0 Å². The van der Waals surface area contributed by atoms with E-state index >= 15 is 0 Å². The summed E-state index contributed by atoms with van der Waals surface area (Å²) in [5.74, 6) is 0. The van der Waals surface area contributed by atoms with Crippen molar-refractivity contribution in [2.45, 2.75) is 9.79 Å². The second-order valence-electron chi connectivity index (χ2n) is 3.39. The second-order valence-corrected chi connectivity index (χ2v) is 6.63. The summed E-state index contributed by atoms with van der Waals surface area (Å²) in [4.78, 5) is 0.359. The molecule has 17 heavy (non-hydrogen) atoms. The maximum Gasteiger partial charge on any atom is 0.208 e. The first-order chi connectivity index (χ1) is 8.01. The van der Waals surface area contributed by atoms with Gasteiger partial charge in [-0.1, -0.05) is 45.7 Å². The molecule has 0 spiro atoms. The normalized spacial score (nSPS) is 11.4. The molecule has 2 rings (SSSR count). The molecule has 88 valence electrons. The first-order valence-electron chi connectivity index (χ1n) is 4.77. The van der Waals surface area contributed by atoms with Crippen molar-refractivity contribution in [3.8, 4) is 0 Å². The van der Waals surface area contributed by atoms with Crippen LogP contribution in [0.1, 0.15) is 0 Å². The Morgan fingerprint density at radius 1 is 1.00 bits per heavy atom. The number of sulfone groups is 1. The molecule has 0 N–H and O–H groups in total. The average Bonchev–Trinajstić information content (AvgIpc) is 2.29. The van der Waals surface area contributed by atoms with E-state index in [-0.39, 0.29) is 14.8 Å². The molecule has 0 amide bonds. The van der Waals surface area contributed by atoms with Crippen LogP contribution in [0, 0.1) is 0 Å². The van der Waals surface area contributed by atoms with E-state index < -0.39 is 9.84 Å². The standard InChI is InChI=1S/C12H8BrClO2S/c13-9-6-7-12(11(14)8-9)17(15,16)10-4-2-1-3-5-10/h1-8H. The molecular formula is C12H8BrClO2S. The van der Waals surface area contributed by atoms with Gasteiger partial charge < -0.3 is 0 Å². The van der Waals surface area contributed by atoms with Crippen molar-refractivity contribution >= 4 is 37.4 Å². The van der Waals surface area contributed by atoms with E-state index in [1.807, 2.05) is 0 Å². The van der Waals surface area contributed by atoms with Gasteiger partial charge in [0.15, 0.2) is 0 Å². The fourth-order valence-electron chi connectivity index (χ4n) is 1.42. The molecule has 0 fully saturated rings. The molecule has 2 aromatic carbocycles. The van der Waals surface area contributed by atoms with Crippen molar-refractivity contribution in [1.29, 1.82) is 0 Å². The molecule has 0 saturated carbocycles. The zero-order valence-corrected chi connectivity index (χ0v) is 11.8. The summed E-state index contributed by atoms with van der Waals surface area (Å²) in [5, 5.41) is 0.211. The van der Waals surface area contributed by atoms with Crippen molar-refractivity contribution in [3.63, 3.8) is 0 Å². The van der Waals surface area contributed by atoms with E-state index in [0.717, 1.165) is 4.47 Å². The summed E-state index contributed by atoms with van der Waals surface area (Å²) >= 11 is 9.19. The van der Waals surface area contributed by atoms with Gasteiger partial charge in [-0.05, 0) is 30.3 Å². The van der Waals surface area contributed by atoms with Crippen LogP contribution in [0.2, 0.25) is 5.02 Å². The van der Waals surface area contributed by atoms with Crippen LogP contribution in [0.15, 0.2) is 62.8 Å². The Bertz CT molecular complexity index is 639. The highest BCUT2D eigenvalue weighted by Crippen LogP contribution is 2.29. The zero-order valence-electron chi connectivity index (χ0n) is 8.60. The van der Waals surface area contributed by atoms with Crippen molar-refractivity contribution in [2.75, 3.05) is 0 Å². The molecule has 0 atom stereocenters. The molecule has 2 aromatic rings. The number of halogens is 2. The van der Waals surface area contributed by atoms with Crippen LogP contribution in [-0.4, -0.2) is 8.42 Å². The van der Waals surface area contributed by atoms with E-state index in [0.29, 0.717) is 0 Å². The van der Waals surface area contributed by atoms with Crippen LogP contribution in [0.3, 0.4) is 0 Å². The molecule has 0 aliphatic carbocycles. The van der Waals surface area contributed by atoms with E-state index in [4.69, 9.17) is 11.6 Å². The minimum absolute atomic E-state index is 0.119. The van der Waals surface area contributed by atoms with Gasteiger partial charge in [0.05, 0.1) is 14.8 Å². The monoisotopic (exact) mass is 330 g/mol. The van der Waals surface area contributed by atoms with Gasteiger partial charge in [0, 0.05) is 4.47 Å². The lowest BCUT2D eigenvalue weighted by Gasteiger charge is -2.06. The Hall–Kier alpha value is -0.840. The first-order valence-corrected chi connectivity index (χ1v) is 7.42. The predicted octanol–water partition coefficient (Wildman–Crippen LogP) is 3.94. The Morgan fingerprint density at radius 3 is 2.24 bits per heavy atom. The minimum atomic E-state index is -3.54. The number of rotatable bonds is 2. The Labute approximate surface area is 113 Å². The third-order valence-corrected chi connectivity index (χ3v) is 4.98. The van der Waals surface area contributed by atoms with Crippen LogP contribution in [0.25, 0.3) is 0 Å². The molecular weight excluding hydrogens is 324 g/mol. The van der Waals surface area contributed by atoms with Crippen molar-refractivity contribution in [2.24, 2.45) is 0 Å². The second kappa shape index (κ2) is 4.80. The SMILES string of the molecule is O=S(=O)(c1ccccc1)c1ccc(Br)cc1Cl. The van der Waals surface area contributed by atoms with Gasteiger partial charge in [-0.2, -0.15) is 0 Å². The third kappa shape index (κ3) is 2.54. The van der Waals surface area contributed by atoms with Gasteiger partial charge >= 0.3 is 0 Å². The maximum absolute atomic E-state index is 12.3. The number of hydrogen-bond acceptors (Lipinski definition) is 2. The van der Waals surface area contributed by atoms with Crippen LogP contribution in [-0.2, 0) is 9.84 Å². The molecule has 2 nitrogen and oxygen atoms in total. The highest BCUT2D eigenvalue weighted by Gasteiger charge is 2.20. The summed E-state index contributed by atoms with van der Waals surface area (Å²) in [6.45, 7) is 0. The van der Waals surface area contributed by atoms with Crippen LogP contribution < -0.4 is 0 Å². The molecule has 0 unspecified atom stereocenters. The van der Waals surface area contributed by atoms with Gasteiger partial charge in [-0.25, -0.2) is 8.42 Å². The number of hydrogen-bond donors (Lipinski definition) is 0. The molecule has 0 aromatic heterocycles. The van der Waals surface area contributed by atoms with Crippen molar-refractivity contribution < 1.29 is 8.42 Å². The smallest absolute Gasteiger partial charge is 0.208 e. The van der Waals surface area contributed by atoms with E-state index in [1.54, 1.807) is 42.5 Å². The Balaban J connectivity index is 2.61.